The molecule has 0 unspecified atom stereocenters. The van der Waals surface area contributed by atoms with E-state index in [0.717, 1.165) is 38.5 Å². The van der Waals surface area contributed by atoms with E-state index in [2.05, 4.69) is 27.2 Å². The summed E-state index contributed by atoms with van der Waals surface area (Å²) in [7, 11) is 0. The summed E-state index contributed by atoms with van der Waals surface area (Å²) in [6.07, 6.45) is 5.37. The molecular weight excluding hydrogens is 306 g/mol. The monoisotopic (exact) mass is 329 g/mol. The van der Waals surface area contributed by atoms with Crippen LogP contribution in [0.3, 0.4) is 0 Å². The third kappa shape index (κ3) is 4.32. The number of hydrogen-bond donors (Lipinski definition) is 1. The van der Waals surface area contributed by atoms with E-state index in [0.29, 0.717) is 12.2 Å². The smallest absolute Gasteiger partial charge is 0.269 e. The molecule has 1 aliphatic heterocycles. The molecule has 0 aliphatic carbocycles. The van der Waals surface area contributed by atoms with Crippen molar-refractivity contribution in [3.8, 4) is 0 Å². The zero-order valence-electron chi connectivity index (χ0n) is 13.9. The minimum atomic E-state index is -0.141. The van der Waals surface area contributed by atoms with Crippen molar-refractivity contribution in [2.75, 3.05) is 37.7 Å². The van der Waals surface area contributed by atoms with Crippen LogP contribution >= 0.6 is 0 Å². The number of morpholine rings is 1. The SMILES string of the molecule is C[C@@H](CNC(=O)c1cc(N2CCOCC2)ccn1)Cn1cccn1. The van der Waals surface area contributed by atoms with Crippen molar-refractivity contribution in [2.45, 2.75) is 13.5 Å². The predicted molar refractivity (Wildman–Crippen MR) is 91.0 cm³/mol. The van der Waals surface area contributed by atoms with Crippen LogP contribution in [0.1, 0.15) is 17.4 Å². The Morgan fingerprint density at radius 2 is 2.21 bits per heavy atom. The molecule has 0 spiro atoms. The highest BCUT2D eigenvalue weighted by Crippen LogP contribution is 2.16. The molecule has 1 atom stereocenters. The number of hydrogen-bond acceptors (Lipinski definition) is 5. The first kappa shape index (κ1) is 16.4. The van der Waals surface area contributed by atoms with Crippen molar-refractivity contribution in [1.29, 1.82) is 0 Å². The van der Waals surface area contributed by atoms with Gasteiger partial charge in [0.15, 0.2) is 0 Å². The molecule has 2 aromatic heterocycles. The van der Waals surface area contributed by atoms with E-state index in [-0.39, 0.29) is 11.8 Å². The van der Waals surface area contributed by atoms with E-state index in [1.807, 2.05) is 29.1 Å². The number of rotatable bonds is 6. The van der Waals surface area contributed by atoms with Gasteiger partial charge in [-0.2, -0.15) is 5.10 Å². The molecule has 128 valence electrons. The normalized spacial score (nSPS) is 16.0. The fraction of sp³-hybridized carbons (Fsp3) is 0.471. The van der Waals surface area contributed by atoms with Gasteiger partial charge in [-0.25, -0.2) is 0 Å². The maximum absolute atomic E-state index is 12.3. The molecule has 0 bridgehead atoms. The van der Waals surface area contributed by atoms with E-state index >= 15 is 0 Å². The van der Waals surface area contributed by atoms with Crippen molar-refractivity contribution >= 4 is 11.6 Å². The van der Waals surface area contributed by atoms with Crippen LogP contribution in [0.4, 0.5) is 5.69 Å². The fourth-order valence-corrected chi connectivity index (χ4v) is 2.71. The highest BCUT2D eigenvalue weighted by atomic mass is 16.5. The molecular formula is C17H23N5O2. The number of pyridine rings is 1. The molecule has 3 rings (SSSR count). The highest BCUT2D eigenvalue weighted by Gasteiger charge is 2.15. The van der Waals surface area contributed by atoms with Gasteiger partial charge in [-0.3, -0.25) is 14.5 Å². The van der Waals surface area contributed by atoms with E-state index in [4.69, 9.17) is 4.74 Å². The fourth-order valence-electron chi connectivity index (χ4n) is 2.71. The van der Waals surface area contributed by atoms with Crippen molar-refractivity contribution in [1.82, 2.24) is 20.1 Å². The Morgan fingerprint density at radius 3 is 2.96 bits per heavy atom. The first-order chi connectivity index (χ1) is 11.7. The van der Waals surface area contributed by atoms with Crippen LogP contribution in [0.25, 0.3) is 0 Å². The molecule has 1 fully saturated rings. The van der Waals surface area contributed by atoms with Gasteiger partial charge >= 0.3 is 0 Å². The summed E-state index contributed by atoms with van der Waals surface area (Å²) in [5, 5.41) is 7.14. The summed E-state index contributed by atoms with van der Waals surface area (Å²) in [4.78, 5) is 18.8. The molecule has 7 heteroatoms. The third-order valence-corrected chi connectivity index (χ3v) is 4.02. The Hall–Kier alpha value is -2.41. The second kappa shape index (κ2) is 7.92. The maximum Gasteiger partial charge on any atom is 0.269 e. The maximum atomic E-state index is 12.3. The molecule has 0 saturated carbocycles. The van der Waals surface area contributed by atoms with Crippen LogP contribution < -0.4 is 10.2 Å². The topological polar surface area (TPSA) is 72.3 Å². The standard InChI is InChI=1S/C17H23N5O2/c1-14(13-22-6-2-4-20-22)12-19-17(23)16-11-15(3-5-18-16)21-7-9-24-10-8-21/h2-6,11,14H,7-10,12-13H2,1H3,(H,19,23)/t14-/m0/s1. The van der Waals surface area contributed by atoms with E-state index in [9.17, 15) is 4.79 Å². The largest absolute Gasteiger partial charge is 0.378 e. The van der Waals surface area contributed by atoms with Crippen LogP contribution in [0.5, 0.6) is 0 Å². The lowest BCUT2D eigenvalue weighted by Crippen LogP contribution is -2.36. The number of amides is 1. The number of anilines is 1. The number of carbonyl (C=O) groups excluding carboxylic acids is 1. The quantitative estimate of drug-likeness (QED) is 0.862. The van der Waals surface area contributed by atoms with Crippen molar-refractivity contribution in [2.24, 2.45) is 5.92 Å². The van der Waals surface area contributed by atoms with Gasteiger partial charge in [-0.05, 0) is 24.1 Å². The van der Waals surface area contributed by atoms with E-state index in [1.54, 1.807) is 12.4 Å². The number of aromatic nitrogens is 3. The Morgan fingerprint density at radius 1 is 1.38 bits per heavy atom. The van der Waals surface area contributed by atoms with Gasteiger partial charge in [0, 0.05) is 50.5 Å². The van der Waals surface area contributed by atoms with Crippen LogP contribution in [-0.2, 0) is 11.3 Å². The summed E-state index contributed by atoms with van der Waals surface area (Å²) >= 11 is 0. The van der Waals surface area contributed by atoms with Crippen LogP contribution in [0.2, 0.25) is 0 Å². The molecule has 0 radical (unpaired) electrons. The van der Waals surface area contributed by atoms with E-state index in [1.165, 1.54) is 0 Å². The van der Waals surface area contributed by atoms with E-state index < -0.39 is 0 Å². The Kier molecular flexibility index (Phi) is 5.43. The highest BCUT2D eigenvalue weighted by molar-refractivity contribution is 5.93. The summed E-state index contributed by atoms with van der Waals surface area (Å²) in [5.74, 6) is 0.147. The molecule has 3 heterocycles. The van der Waals surface area contributed by atoms with Crippen LogP contribution in [0, 0.1) is 5.92 Å². The number of carbonyl (C=O) groups is 1. The van der Waals surface area contributed by atoms with Gasteiger partial charge in [0.25, 0.3) is 5.91 Å². The minimum Gasteiger partial charge on any atom is -0.378 e. The Labute approximate surface area is 141 Å². The van der Waals surface area contributed by atoms with Gasteiger partial charge in [0.1, 0.15) is 5.69 Å². The zero-order valence-corrected chi connectivity index (χ0v) is 13.9. The second-order valence-electron chi connectivity index (χ2n) is 6.04. The predicted octanol–water partition coefficient (Wildman–Crippen LogP) is 1.18. The molecule has 2 aromatic rings. The second-order valence-corrected chi connectivity index (χ2v) is 6.04. The van der Waals surface area contributed by atoms with Gasteiger partial charge < -0.3 is 15.0 Å². The van der Waals surface area contributed by atoms with Gasteiger partial charge in [0.05, 0.1) is 13.2 Å². The lowest BCUT2D eigenvalue weighted by atomic mass is 10.2. The first-order valence-corrected chi connectivity index (χ1v) is 8.27. The average Bonchev–Trinajstić information content (AvgIpc) is 3.13. The Bertz CT molecular complexity index is 653. The minimum absolute atomic E-state index is 0.141. The Balaban J connectivity index is 1.54. The average molecular weight is 329 g/mol. The lowest BCUT2D eigenvalue weighted by Gasteiger charge is -2.28. The van der Waals surface area contributed by atoms with Crippen LogP contribution in [0.15, 0.2) is 36.8 Å². The summed E-state index contributed by atoms with van der Waals surface area (Å²) < 4.78 is 7.23. The number of nitrogens with zero attached hydrogens (tertiary/aromatic N) is 4. The van der Waals surface area contributed by atoms with Crippen molar-refractivity contribution in [3.63, 3.8) is 0 Å². The zero-order chi connectivity index (χ0) is 16.8. The van der Waals surface area contributed by atoms with Gasteiger partial charge in [-0.1, -0.05) is 6.92 Å². The molecule has 1 aliphatic rings. The molecule has 0 aromatic carbocycles. The first-order valence-electron chi connectivity index (χ1n) is 8.27. The van der Waals surface area contributed by atoms with Crippen LogP contribution in [-0.4, -0.2) is 53.5 Å². The molecule has 1 amide bonds. The summed E-state index contributed by atoms with van der Waals surface area (Å²) in [5.41, 5.74) is 1.47. The molecule has 1 N–H and O–H groups in total. The summed E-state index contributed by atoms with van der Waals surface area (Å²) in [6.45, 7) is 6.55. The summed E-state index contributed by atoms with van der Waals surface area (Å²) in [6, 6.07) is 5.67. The molecule has 24 heavy (non-hydrogen) atoms. The van der Waals surface area contributed by atoms with Crippen molar-refractivity contribution in [3.05, 3.63) is 42.5 Å². The van der Waals surface area contributed by atoms with Gasteiger partial charge in [-0.15, -0.1) is 0 Å². The third-order valence-electron chi connectivity index (χ3n) is 4.02. The number of nitrogens with one attached hydrogen (secondary N) is 1. The van der Waals surface area contributed by atoms with Crippen molar-refractivity contribution < 1.29 is 9.53 Å². The lowest BCUT2D eigenvalue weighted by molar-refractivity contribution is 0.0941. The molecule has 7 nitrogen and oxygen atoms in total. The number of ether oxygens (including phenoxy) is 1. The van der Waals surface area contributed by atoms with Gasteiger partial charge in [0.2, 0.25) is 0 Å². The molecule has 1 saturated heterocycles.